The SMILES string of the molecule is CCOc1ccc(S(=O)(=O)N[C@H](Cc2ccccc2)C(=O)NCCCN2CCOCC2)cc1. The number of benzene rings is 2. The lowest BCUT2D eigenvalue weighted by molar-refractivity contribution is -0.122. The number of carbonyl (C=O) groups excluding carboxylic acids is 1. The largest absolute Gasteiger partial charge is 0.494 e. The molecule has 0 bridgehead atoms. The average molecular weight is 476 g/mol. The fraction of sp³-hybridized carbons (Fsp3) is 0.458. The van der Waals surface area contributed by atoms with Crippen LogP contribution in [0.25, 0.3) is 0 Å². The fourth-order valence-corrected chi connectivity index (χ4v) is 4.83. The van der Waals surface area contributed by atoms with Gasteiger partial charge in [0.1, 0.15) is 11.8 Å². The molecule has 0 radical (unpaired) electrons. The summed E-state index contributed by atoms with van der Waals surface area (Å²) in [6, 6.07) is 14.6. The third-order valence-electron chi connectivity index (χ3n) is 5.40. The Morgan fingerprint density at radius 3 is 2.45 bits per heavy atom. The lowest BCUT2D eigenvalue weighted by Gasteiger charge is -2.26. The fourth-order valence-electron chi connectivity index (χ4n) is 3.64. The van der Waals surface area contributed by atoms with Gasteiger partial charge in [-0.15, -0.1) is 0 Å². The Kier molecular flexibility index (Phi) is 9.68. The van der Waals surface area contributed by atoms with Crippen LogP contribution in [0.15, 0.2) is 59.5 Å². The van der Waals surface area contributed by atoms with Crippen molar-refractivity contribution in [2.75, 3.05) is 46.0 Å². The summed E-state index contributed by atoms with van der Waals surface area (Å²) in [4.78, 5) is 15.3. The molecule has 1 saturated heterocycles. The number of ether oxygens (including phenoxy) is 2. The van der Waals surface area contributed by atoms with Crippen molar-refractivity contribution in [2.24, 2.45) is 0 Å². The first-order chi connectivity index (χ1) is 16.0. The maximum atomic E-state index is 13.0. The Balaban J connectivity index is 1.63. The standard InChI is InChI=1S/C24H33N3O5S/c1-2-32-21-9-11-22(12-10-21)33(29,30)26-23(19-20-7-4-3-5-8-20)24(28)25-13-6-14-27-15-17-31-18-16-27/h3-5,7-12,23,26H,2,6,13-19H2,1H3,(H,25,28)/t23-/m1/s1. The highest BCUT2D eigenvalue weighted by Gasteiger charge is 2.26. The second kappa shape index (κ2) is 12.7. The van der Waals surface area contributed by atoms with Crippen molar-refractivity contribution in [3.63, 3.8) is 0 Å². The first kappa shape index (κ1) is 25.2. The second-order valence-electron chi connectivity index (χ2n) is 7.87. The van der Waals surface area contributed by atoms with E-state index in [1.807, 2.05) is 37.3 Å². The Hall–Kier alpha value is -2.46. The highest BCUT2D eigenvalue weighted by molar-refractivity contribution is 7.89. The van der Waals surface area contributed by atoms with Crippen LogP contribution in [0.5, 0.6) is 5.75 Å². The molecular formula is C24H33N3O5S. The van der Waals surface area contributed by atoms with Gasteiger partial charge in [-0.1, -0.05) is 30.3 Å². The van der Waals surface area contributed by atoms with Gasteiger partial charge in [-0.2, -0.15) is 4.72 Å². The van der Waals surface area contributed by atoms with Crippen molar-refractivity contribution >= 4 is 15.9 Å². The van der Waals surface area contributed by atoms with Gasteiger partial charge in [0, 0.05) is 19.6 Å². The summed E-state index contributed by atoms with van der Waals surface area (Å²) >= 11 is 0. The third kappa shape index (κ3) is 8.12. The van der Waals surface area contributed by atoms with Crippen molar-refractivity contribution in [1.29, 1.82) is 0 Å². The lowest BCUT2D eigenvalue weighted by Crippen LogP contribution is -2.48. The molecule has 0 aliphatic carbocycles. The van der Waals surface area contributed by atoms with Crippen molar-refractivity contribution in [2.45, 2.75) is 30.7 Å². The molecule has 8 nitrogen and oxygen atoms in total. The second-order valence-corrected chi connectivity index (χ2v) is 9.58. The number of hydrogen-bond acceptors (Lipinski definition) is 6. The zero-order chi connectivity index (χ0) is 23.5. The Morgan fingerprint density at radius 2 is 1.79 bits per heavy atom. The summed E-state index contributed by atoms with van der Waals surface area (Å²) in [7, 11) is -3.89. The van der Waals surface area contributed by atoms with Gasteiger partial charge in [-0.25, -0.2) is 8.42 Å². The molecule has 2 aromatic rings. The van der Waals surface area contributed by atoms with E-state index < -0.39 is 16.1 Å². The van der Waals surface area contributed by atoms with Crippen LogP contribution in [0.3, 0.4) is 0 Å². The molecule has 2 aromatic carbocycles. The van der Waals surface area contributed by atoms with Crippen LogP contribution in [-0.2, 0) is 26.0 Å². The van der Waals surface area contributed by atoms with Crippen molar-refractivity contribution in [1.82, 2.24) is 14.9 Å². The van der Waals surface area contributed by atoms with Gasteiger partial charge >= 0.3 is 0 Å². The molecule has 1 fully saturated rings. The van der Waals surface area contributed by atoms with Crippen molar-refractivity contribution in [3.05, 3.63) is 60.2 Å². The first-order valence-corrected chi connectivity index (χ1v) is 12.8. The van der Waals surface area contributed by atoms with Gasteiger partial charge < -0.3 is 14.8 Å². The molecule has 0 spiro atoms. The molecule has 1 atom stereocenters. The topological polar surface area (TPSA) is 97.0 Å². The average Bonchev–Trinajstić information content (AvgIpc) is 2.83. The first-order valence-electron chi connectivity index (χ1n) is 11.3. The molecule has 180 valence electrons. The molecule has 9 heteroatoms. The van der Waals surface area contributed by atoms with Crippen LogP contribution in [0.1, 0.15) is 18.9 Å². The minimum Gasteiger partial charge on any atom is -0.494 e. The van der Waals surface area contributed by atoms with Crippen LogP contribution >= 0.6 is 0 Å². The number of amides is 1. The molecule has 3 rings (SSSR count). The predicted octanol–water partition coefficient (Wildman–Crippen LogP) is 1.81. The summed E-state index contributed by atoms with van der Waals surface area (Å²) in [5.74, 6) is 0.255. The molecule has 2 N–H and O–H groups in total. The van der Waals surface area contributed by atoms with E-state index in [2.05, 4.69) is 14.9 Å². The highest BCUT2D eigenvalue weighted by Crippen LogP contribution is 2.17. The van der Waals surface area contributed by atoms with Gasteiger partial charge in [-0.3, -0.25) is 9.69 Å². The van der Waals surface area contributed by atoms with Crippen LogP contribution in [-0.4, -0.2) is 71.3 Å². The maximum Gasteiger partial charge on any atom is 0.241 e. The molecule has 1 heterocycles. The summed E-state index contributed by atoms with van der Waals surface area (Å²) in [6.45, 7) is 6.96. The summed E-state index contributed by atoms with van der Waals surface area (Å²) in [6.07, 6.45) is 1.04. The molecule has 1 aliphatic heterocycles. The third-order valence-corrected chi connectivity index (χ3v) is 6.88. The van der Waals surface area contributed by atoms with Gasteiger partial charge in [0.15, 0.2) is 0 Å². The molecule has 0 aromatic heterocycles. The Labute approximate surface area is 196 Å². The zero-order valence-corrected chi connectivity index (χ0v) is 19.9. The number of morpholine rings is 1. The van der Waals surface area contributed by atoms with E-state index in [1.54, 1.807) is 12.1 Å². The van der Waals surface area contributed by atoms with E-state index in [0.29, 0.717) is 18.9 Å². The molecule has 0 unspecified atom stereocenters. The summed E-state index contributed by atoms with van der Waals surface area (Å²) < 4.78 is 39.3. The lowest BCUT2D eigenvalue weighted by atomic mass is 10.1. The van der Waals surface area contributed by atoms with Gasteiger partial charge in [-0.05, 0) is 56.1 Å². The normalized spacial score (nSPS) is 15.7. The number of rotatable bonds is 12. The van der Waals surface area contributed by atoms with E-state index in [4.69, 9.17) is 9.47 Å². The minimum atomic E-state index is -3.89. The van der Waals surface area contributed by atoms with Gasteiger partial charge in [0.2, 0.25) is 15.9 Å². The predicted molar refractivity (Wildman–Crippen MR) is 127 cm³/mol. The van der Waals surface area contributed by atoms with E-state index >= 15 is 0 Å². The van der Waals surface area contributed by atoms with Gasteiger partial charge in [0.25, 0.3) is 0 Å². The minimum absolute atomic E-state index is 0.0872. The molecule has 1 aliphatic rings. The van der Waals surface area contributed by atoms with E-state index in [0.717, 1.165) is 44.8 Å². The maximum absolute atomic E-state index is 13.0. The van der Waals surface area contributed by atoms with E-state index in [1.165, 1.54) is 12.1 Å². The number of sulfonamides is 1. The molecule has 0 saturated carbocycles. The van der Waals surface area contributed by atoms with Crippen LogP contribution in [0.4, 0.5) is 0 Å². The van der Waals surface area contributed by atoms with Crippen LogP contribution in [0.2, 0.25) is 0 Å². The Bertz CT molecular complexity index is 961. The molecule has 1 amide bonds. The van der Waals surface area contributed by atoms with E-state index in [9.17, 15) is 13.2 Å². The van der Waals surface area contributed by atoms with Gasteiger partial charge in [0.05, 0.1) is 24.7 Å². The number of hydrogen-bond donors (Lipinski definition) is 2. The molecular weight excluding hydrogens is 442 g/mol. The quantitative estimate of drug-likeness (QED) is 0.455. The zero-order valence-electron chi connectivity index (χ0n) is 19.0. The molecule has 33 heavy (non-hydrogen) atoms. The number of nitrogens with one attached hydrogen (secondary N) is 2. The number of nitrogens with zero attached hydrogens (tertiary/aromatic N) is 1. The van der Waals surface area contributed by atoms with Crippen LogP contribution < -0.4 is 14.8 Å². The van der Waals surface area contributed by atoms with Crippen LogP contribution in [0, 0.1) is 0 Å². The summed E-state index contributed by atoms with van der Waals surface area (Å²) in [5.41, 5.74) is 0.875. The van der Waals surface area contributed by atoms with Crippen molar-refractivity contribution < 1.29 is 22.7 Å². The van der Waals surface area contributed by atoms with E-state index in [-0.39, 0.29) is 17.2 Å². The number of carbonyl (C=O) groups is 1. The Morgan fingerprint density at radius 1 is 1.09 bits per heavy atom. The monoisotopic (exact) mass is 475 g/mol. The highest BCUT2D eigenvalue weighted by atomic mass is 32.2. The summed E-state index contributed by atoms with van der Waals surface area (Å²) in [5, 5.41) is 2.90. The van der Waals surface area contributed by atoms with Crippen molar-refractivity contribution in [3.8, 4) is 5.75 Å². The smallest absolute Gasteiger partial charge is 0.241 e.